The number of thiophene rings is 1. The number of aryl methyl sites for hydroxylation is 1. The third-order valence-corrected chi connectivity index (χ3v) is 9.51. The van der Waals surface area contributed by atoms with E-state index in [-0.39, 0.29) is 13.6 Å². The highest BCUT2D eigenvalue weighted by molar-refractivity contribution is 7.92. The van der Waals surface area contributed by atoms with Crippen molar-refractivity contribution in [2.24, 2.45) is 0 Å². The molecule has 0 fully saturated rings. The van der Waals surface area contributed by atoms with Crippen molar-refractivity contribution in [3.05, 3.63) is 72.5 Å². The molecular formula is C21H17Cl4FN4O3S2. The smallest absolute Gasteiger partial charge is 0.329 e. The minimum atomic E-state index is -4.21. The summed E-state index contributed by atoms with van der Waals surface area (Å²) in [6.45, 7) is -0.199. The molecule has 0 spiro atoms. The predicted molar refractivity (Wildman–Crippen MR) is 137 cm³/mol. The fourth-order valence-electron chi connectivity index (χ4n) is 3.66. The number of fused-ring (bicyclic) bond motifs is 1. The zero-order chi connectivity index (χ0) is 25.3. The number of allylic oxidation sites excluding steroid dienone is 1. The monoisotopic (exact) mass is 596 g/mol. The van der Waals surface area contributed by atoms with Crippen LogP contribution in [-0.2, 0) is 23.0 Å². The third-order valence-electron chi connectivity index (χ3n) is 5.26. The molecule has 1 aliphatic carbocycles. The van der Waals surface area contributed by atoms with Crippen LogP contribution in [0.3, 0.4) is 0 Å². The van der Waals surface area contributed by atoms with Gasteiger partial charge in [-0.05, 0) is 48.6 Å². The van der Waals surface area contributed by atoms with E-state index in [0.29, 0.717) is 52.0 Å². The van der Waals surface area contributed by atoms with Gasteiger partial charge >= 0.3 is 6.03 Å². The van der Waals surface area contributed by atoms with Gasteiger partial charge < -0.3 is 5.32 Å². The maximum Gasteiger partial charge on any atom is 0.329 e. The number of hydrogen-bond acceptors (Lipinski definition) is 5. The van der Waals surface area contributed by atoms with E-state index in [1.807, 2.05) is 4.72 Å². The van der Waals surface area contributed by atoms with Crippen molar-refractivity contribution in [3.63, 3.8) is 0 Å². The van der Waals surface area contributed by atoms with Crippen LogP contribution in [0.15, 0.2) is 40.5 Å². The van der Waals surface area contributed by atoms with Crippen LogP contribution in [0.1, 0.15) is 29.7 Å². The van der Waals surface area contributed by atoms with E-state index in [4.69, 9.17) is 46.4 Å². The quantitative estimate of drug-likeness (QED) is 0.348. The van der Waals surface area contributed by atoms with E-state index in [9.17, 15) is 13.2 Å². The van der Waals surface area contributed by atoms with Crippen molar-refractivity contribution in [2.75, 3.05) is 6.54 Å². The van der Waals surface area contributed by atoms with Gasteiger partial charge in [-0.15, -0.1) is 11.3 Å². The molecule has 7 nitrogen and oxygen atoms in total. The molecule has 0 aliphatic heterocycles. The summed E-state index contributed by atoms with van der Waals surface area (Å²) >= 11 is 24.5. The number of benzene rings is 1. The van der Waals surface area contributed by atoms with Crippen molar-refractivity contribution in [2.45, 2.75) is 30.0 Å². The molecule has 0 saturated carbocycles. The first-order chi connectivity index (χ1) is 16.5. The minimum Gasteiger partial charge on any atom is -0.331 e. The van der Waals surface area contributed by atoms with Crippen LogP contribution in [-0.4, -0.2) is 30.8 Å². The van der Waals surface area contributed by atoms with Crippen LogP contribution in [0.25, 0.3) is 5.57 Å². The number of carbonyl (C=O) groups is 1. The van der Waals surface area contributed by atoms with Crippen molar-refractivity contribution >= 4 is 79.4 Å². The van der Waals surface area contributed by atoms with Gasteiger partial charge in [0.05, 0.1) is 30.0 Å². The lowest BCUT2D eigenvalue weighted by molar-refractivity contribution is 0.246. The second kappa shape index (κ2) is 10.7. The number of nitrogens with one attached hydrogen (secondary N) is 2. The van der Waals surface area contributed by atoms with Crippen molar-refractivity contribution < 1.29 is 17.6 Å². The zero-order valence-electron chi connectivity index (χ0n) is 17.7. The summed E-state index contributed by atoms with van der Waals surface area (Å²) in [5.74, 6) is -0.593. The molecule has 35 heavy (non-hydrogen) atoms. The van der Waals surface area contributed by atoms with Crippen LogP contribution in [0.2, 0.25) is 19.4 Å². The van der Waals surface area contributed by atoms with Gasteiger partial charge in [0.2, 0.25) is 0 Å². The Kier molecular flexibility index (Phi) is 7.99. The highest BCUT2D eigenvalue weighted by Gasteiger charge is 2.25. The molecule has 0 atom stereocenters. The Labute approximate surface area is 224 Å². The Hall–Kier alpha value is -1.82. The fraction of sp³-hybridized carbons (Fsp3) is 0.238. The molecule has 2 N–H and O–H groups in total. The Morgan fingerprint density at radius 2 is 1.91 bits per heavy atom. The van der Waals surface area contributed by atoms with Crippen LogP contribution in [0.5, 0.6) is 0 Å². The summed E-state index contributed by atoms with van der Waals surface area (Å²) in [5, 5.41) is 7.67. The van der Waals surface area contributed by atoms with Gasteiger partial charge in [0.15, 0.2) is 0 Å². The highest BCUT2D eigenvalue weighted by Crippen LogP contribution is 2.35. The number of nitrogens with zero attached hydrogens (tertiary/aromatic N) is 2. The second-order valence-corrected chi connectivity index (χ2v) is 12.4. The van der Waals surface area contributed by atoms with E-state index in [1.54, 1.807) is 29.1 Å². The SMILES string of the molecule is O=C(NC/C(F)=C1/CCCc2cnn(Cc3ccc(Cl)cc3Cl)c21)NS(=O)(=O)c1cc(Cl)c(Cl)s1. The Bertz CT molecular complexity index is 1420. The average Bonchev–Trinajstić information content (AvgIpc) is 3.37. The molecule has 0 radical (unpaired) electrons. The predicted octanol–water partition coefficient (Wildman–Crippen LogP) is 6.31. The Morgan fingerprint density at radius 3 is 2.60 bits per heavy atom. The summed E-state index contributed by atoms with van der Waals surface area (Å²) < 4.78 is 43.2. The van der Waals surface area contributed by atoms with Gasteiger partial charge in [-0.25, -0.2) is 22.3 Å². The molecule has 1 aromatic carbocycles. The van der Waals surface area contributed by atoms with Crippen LogP contribution in [0.4, 0.5) is 9.18 Å². The van der Waals surface area contributed by atoms with Gasteiger partial charge in [-0.1, -0.05) is 52.5 Å². The second-order valence-electron chi connectivity index (χ2n) is 7.62. The fourth-order valence-corrected chi connectivity index (χ4v) is 6.94. The number of rotatable bonds is 6. The maximum absolute atomic E-state index is 15.2. The van der Waals surface area contributed by atoms with Gasteiger partial charge in [0.25, 0.3) is 10.0 Å². The molecular weight excluding hydrogens is 581 g/mol. The molecule has 2 aromatic heterocycles. The summed E-state index contributed by atoms with van der Waals surface area (Å²) in [6, 6.07) is 5.16. The average molecular weight is 598 g/mol. The van der Waals surface area contributed by atoms with Crippen molar-refractivity contribution in [3.8, 4) is 0 Å². The number of carbonyl (C=O) groups excluding carboxylic acids is 1. The van der Waals surface area contributed by atoms with E-state index in [2.05, 4.69) is 10.4 Å². The van der Waals surface area contributed by atoms with Crippen LogP contribution >= 0.6 is 57.7 Å². The number of sulfonamides is 1. The van der Waals surface area contributed by atoms with Crippen molar-refractivity contribution in [1.82, 2.24) is 19.8 Å². The standard InChI is InChI=1S/C21H17Cl4FN4O3S2/c22-13-5-4-12(15(23)6-13)10-30-19-11(8-28-30)2-1-3-14(19)17(26)9-27-21(31)29-35(32,33)18-7-16(24)20(25)34-18/h4-8H,1-3,9-10H2,(H2,27,29,31)/b17-14+. The Balaban J connectivity index is 1.50. The van der Waals surface area contributed by atoms with Gasteiger partial charge in [-0.2, -0.15) is 5.10 Å². The largest absolute Gasteiger partial charge is 0.331 e. The molecule has 186 valence electrons. The minimum absolute atomic E-state index is 0.0535. The maximum atomic E-state index is 15.2. The van der Waals surface area contributed by atoms with Gasteiger partial charge in [0, 0.05) is 15.6 Å². The topological polar surface area (TPSA) is 93.1 Å². The van der Waals surface area contributed by atoms with Crippen molar-refractivity contribution in [1.29, 1.82) is 0 Å². The highest BCUT2D eigenvalue weighted by atomic mass is 35.5. The van der Waals surface area contributed by atoms with E-state index >= 15 is 4.39 Å². The summed E-state index contributed by atoms with van der Waals surface area (Å²) in [6.07, 6.45) is 3.57. The first-order valence-corrected chi connectivity index (χ1v) is 14.0. The molecule has 0 saturated heterocycles. The lowest BCUT2D eigenvalue weighted by Gasteiger charge is -2.19. The number of hydrogen-bond donors (Lipinski definition) is 2. The summed E-state index contributed by atoms with van der Waals surface area (Å²) in [4.78, 5) is 12.2. The number of halogens is 5. The van der Waals surface area contributed by atoms with E-state index < -0.39 is 28.4 Å². The third kappa shape index (κ3) is 5.95. The lowest BCUT2D eigenvalue weighted by Crippen LogP contribution is -2.39. The summed E-state index contributed by atoms with van der Waals surface area (Å²) in [7, 11) is -4.21. The first kappa shape index (κ1) is 26.2. The lowest BCUT2D eigenvalue weighted by atomic mass is 9.92. The summed E-state index contributed by atoms with van der Waals surface area (Å²) in [5.41, 5.74) is 2.67. The molecule has 2 amide bonds. The van der Waals surface area contributed by atoms with Gasteiger partial charge in [0.1, 0.15) is 14.4 Å². The molecule has 0 unspecified atom stereocenters. The number of amides is 2. The van der Waals surface area contributed by atoms with Crippen LogP contribution < -0.4 is 10.0 Å². The molecule has 2 heterocycles. The molecule has 1 aliphatic rings. The molecule has 0 bridgehead atoms. The number of urea groups is 1. The molecule has 3 aromatic rings. The van der Waals surface area contributed by atoms with Crippen LogP contribution in [0, 0.1) is 0 Å². The van der Waals surface area contributed by atoms with Gasteiger partial charge in [-0.3, -0.25) is 4.68 Å². The van der Waals surface area contributed by atoms with E-state index in [1.165, 1.54) is 0 Å². The normalized spacial score (nSPS) is 15.0. The molecule has 4 rings (SSSR count). The van der Waals surface area contributed by atoms with E-state index in [0.717, 1.165) is 23.6 Å². The first-order valence-electron chi connectivity index (χ1n) is 10.2. The zero-order valence-corrected chi connectivity index (χ0v) is 22.4. The number of aromatic nitrogens is 2. The molecule has 14 heteroatoms. The Morgan fingerprint density at radius 1 is 1.14 bits per heavy atom.